The quantitative estimate of drug-likeness (QED) is 0.395. The Morgan fingerprint density at radius 1 is 1.05 bits per heavy atom. The van der Waals surface area contributed by atoms with Gasteiger partial charge in [-0.05, 0) is 68.9 Å². The van der Waals surface area contributed by atoms with Crippen molar-refractivity contribution in [2.45, 2.75) is 56.8 Å². The number of hydrogen-bond donors (Lipinski definition) is 1. The number of aliphatic hydroxyl groups is 1. The number of nitrogens with zero attached hydrogens (tertiary/aromatic N) is 6. The summed E-state index contributed by atoms with van der Waals surface area (Å²) in [6, 6.07) is 11.5. The summed E-state index contributed by atoms with van der Waals surface area (Å²) in [6.07, 6.45) is 8.56. The van der Waals surface area contributed by atoms with Gasteiger partial charge in [0, 0.05) is 36.8 Å². The Bertz CT molecular complexity index is 1540. The zero-order valence-corrected chi connectivity index (χ0v) is 22.0. The molecule has 4 heterocycles. The highest BCUT2D eigenvalue weighted by Gasteiger charge is 2.37. The smallest absolute Gasteiger partial charge is 0.296 e. The van der Waals surface area contributed by atoms with Gasteiger partial charge >= 0.3 is 0 Å². The van der Waals surface area contributed by atoms with E-state index in [0.29, 0.717) is 43.1 Å². The summed E-state index contributed by atoms with van der Waals surface area (Å²) in [6.45, 7) is 0.927. The second kappa shape index (κ2) is 10.8. The number of amides is 1. The Hall–Kier alpha value is -4.12. The molecule has 6 rings (SSSR count). The van der Waals surface area contributed by atoms with Crippen molar-refractivity contribution in [3.63, 3.8) is 0 Å². The molecule has 1 aromatic carbocycles. The topological polar surface area (TPSA) is 115 Å². The second-order valence-corrected chi connectivity index (χ2v) is 10.8. The van der Waals surface area contributed by atoms with Crippen LogP contribution in [-0.4, -0.2) is 64.9 Å². The maximum atomic E-state index is 13.3. The van der Waals surface area contributed by atoms with E-state index in [1.54, 1.807) is 18.3 Å². The van der Waals surface area contributed by atoms with Gasteiger partial charge in [0.15, 0.2) is 0 Å². The molecule has 2 aliphatic rings. The van der Waals surface area contributed by atoms with E-state index in [4.69, 9.17) is 4.74 Å². The number of carbonyl (C=O) groups excluding carboxylic acids is 1. The van der Waals surface area contributed by atoms with Crippen LogP contribution in [0, 0.1) is 11.7 Å². The fourth-order valence-electron chi connectivity index (χ4n) is 5.73. The largest absolute Gasteiger partial charge is 0.474 e. The molecular weight excluding hydrogens is 515 g/mol. The number of likely N-dealkylation sites (tertiary alicyclic amines) is 1. The van der Waals surface area contributed by atoms with Crippen LogP contribution >= 0.6 is 0 Å². The molecule has 0 unspecified atom stereocenters. The molecule has 0 radical (unpaired) electrons. The average molecular weight is 547 g/mol. The monoisotopic (exact) mass is 546 g/mol. The number of halogens is 1. The van der Waals surface area contributed by atoms with Gasteiger partial charge in [0.05, 0.1) is 24.0 Å². The molecule has 10 nitrogen and oxygen atoms in total. The number of piperidine rings is 1. The first-order valence-corrected chi connectivity index (χ1v) is 13.7. The van der Waals surface area contributed by atoms with Crippen LogP contribution in [0.1, 0.15) is 38.5 Å². The molecule has 0 bridgehead atoms. The number of fused-ring (bicyclic) bond motifs is 1. The summed E-state index contributed by atoms with van der Waals surface area (Å²) >= 11 is 0. The van der Waals surface area contributed by atoms with E-state index in [2.05, 4.69) is 15.1 Å². The van der Waals surface area contributed by atoms with Crippen LogP contribution in [0.5, 0.6) is 5.88 Å². The highest BCUT2D eigenvalue weighted by molar-refractivity contribution is 5.79. The van der Waals surface area contributed by atoms with Crippen molar-refractivity contribution in [2.24, 2.45) is 5.92 Å². The molecule has 4 aromatic rings. The number of rotatable bonds is 6. The zero-order valence-electron chi connectivity index (χ0n) is 22.0. The van der Waals surface area contributed by atoms with E-state index in [9.17, 15) is 19.1 Å². The Balaban J connectivity index is 1.05. The van der Waals surface area contributed by atoms with E-state index < -0.39 is 5.60 Å². The van der Waals surface area contributed by atoms with Crippen molar-refractivity contribution in [1.82, 2.24) is 29.0 Å². The van der Waals surface area contributed by atoms with Crippen LogP contribution in [-0.2, 0) is 11.3 Å². The fraction of sp³-hybridized carbons (Fsp3) is 0.414. The van der Waals surface area contributed by atoms with Crippen LogP contribution in [0.15, 0.2) is 66.0 Å². The number of imidazole rings is 1. The van der Waals surface area contributed by atoms with Crippen LogP contribution in [0.25, 0.3) is 16.9 Å². The number of pyridine rings is 1. The lowest BCUT2D eigenvalue weighted by Crippen LogP contribution is -2.51. The first-order valence-electron chi connectivity index (χ1n) is 13.7. The van der Waals surface area contributed by atoms with Crippen molar-refractivity contribution >= 4 is 11.6 Å². The van der Waals surface area contributed by atoms with Crippen molar-refractivity contribution in [3.8, 4) is 17.1 Å². The third-order valence-electron chi connectivity index (χ3n) is 8.06. The molecule has 1 amide bonds. The standard InChI is InChI=1S/C29H31FN6O4/c30-22-8-4-20(5-9-22)24-17-32-26-28(38)35(19-33-36(24)26)18-29(39)12-15-34(16-13-29)27(37)21-6-10-23(11-7-21)40-25-3-1-2-14-31-25/h1-5,8-9,14,17,19,21,23,39H,6-7,10-13,15-16,18H2/t21-,23-. The normalized spacial score (nSPS) is 20.9. The molecule has 208 valence electrons. The third-order valence-corrected chi connectivity index (χ3v) is 8.06. The summed E-state index contributed by atoms with van der Waals surface area (Å²) in [5, 5.41) is 15.7. The number of hydrogen-bond acceptors (Lipinski definition) is 7. The Morgan fingerprint density at radius 2 is 1.80 bits per heavy atom. The summed E-state index contributed by atoms with van der Waals surface area (Å²) in [7, 11) is 0. The van der Waals surface area contributed by atoms with Crippen molar-refractivity contribution < 1.29 is 19.0 Å². The minimum Gasteiger partial charge on any atom is -0.474 e. The molecule has 1 aliphatic carbocycles. The van der Waals surface area contributed by atoms with Gasteiger partial charge in [-0.1, -0.05) is 6.07 Å². The Morgan fingerprint density at radius 3 is 2.50 bits per heavy atom. The van der Waals surface area contributed by atoms with E-state index in [0.717, 1.165) is 25.7 Å². The molecule has 1 N–H and O–H groups in total. The molecule has 1 saturated carbocycles. The second-order valence-electron chi connectivity index (χ2n) is 10.8. The number of benzene rings is 1. The van der Waals surface area contributed by atoms with Crippen LogP contribution in [0.3, 0.4) is 0 Å². The number of aromatic nitrogens is 5. The van der Waals surface area contributed by atoms with Gasteiger partial charge < -0.3 is 14.7 Å². The molecule has 1 aliphatic heterocycles. The lowest BCUT2D eigenvalue weighted by atomic mass is 9.85. The molecule has 2 fully saturated rings. The molecule has 40 heavy (non-hydrogen) atoms. The maximum absolute atomic E-state index is 13.3. The highest BCUT2D eigenvalue weighted by atomic mass is 19.1. The Labute approximate surface area is 230 Å². The lowest BCUT2D eigenvalue weighted by Gasteiger charge is -2.40. The number of ether oxygens (including phenoxy) is 1. The van der Waals surface area contributed by atoms with Gasteiger partial charge in [0.25, 0.3) is 5.56 Å². The zero-order chi connectivity index (χ0) is 27.7. The van der Waals surface area contributed by atoms with Gasteiger partial charge in [0.1, 0.15) is 18.2 Å². The first-order chi connectivity index (χ1) is 19.4. The third kappa shape index (κ3) is 5.33. The van der Waals surface area contributed by atoms with Crippen LogP contribution in [0.4, 0.5) is 4.39 Å². The number of carbonyl (C=O) groups is 1. The molecule has 0 atom stereocenters. The van der Waals surface area contributed by atoms with E-state index in [1.165, 1.54) is 33.7 Å². The van der Waals surface area contributed by atoms with E-state index in [1.807, 2.05) is 23.1 Å². The highest BCUT2D eigenvalue weighted by Crippen LogP contribution is 2.31. The van der Waals surface area contributed by atoms with Crippen molar-refractivity contribution in [2.75, 3.05) is 13.1 Å². The van der Waals surface area contributed by atoms with Crippen molar-refractivity contribution in [3.05, 3.63) is 77.4 Å². The van der Waals surface area contributed by atoms with Crippen molar-refractivity contribution in [1.29, 1.82) is 0 Å². The molecular formula is C29H31FN6O4. The average Bonchev–Trinajstić information content (AvgIpc) is 3.41. The summed E-state index contributed by atoms with van der Waals surface area (Å²) in [5.74, 6) is 0.346. The molecule has 1 saturated heterocycles. The van der Waals surface area contributed by atoms with E-state index in [-0.39, 0.29) is 41.5 Å². The summed E-state index contributed by atoms with van der Waals surface area (Å²) in [5.41, 5.74) is -0.132. The van der Waals surface area contributed by atoms with Gasteiger partial charge in [-0.15, -0.1) is 0 Å². The van der Waals surface area contributed by atoms with Gasteiger partial charge in [-0.3, -0.25) is 14.2 Å². The molecule has 3 aromatic heterocycles. The minimum absolute atomic E-state index is 0.0419. The first kappa shape index (κ1) is 26.1. The summed E-state index contributed by atoms with van der Waals surface area (Å²) < 4.78 is 22.1. The van der Waals surface area contributed by atoms with Crippen LogP contribution in [0.2, 0.25) is 0 Å². The maximum Gasteiger partial charge on any atom is 0.296 e. The Kier molecular flexibility index (Phi) is 7.05. The molecule has 0 spiro atoms. The predicted molar refractivity (Wildman–Crippen MR) is 144 cm³/mol. The van der Waals surface area contributed by atoms with Gasteiger partial charge in [0.2, 0.25) is 17.4 Å². The summed E-state index contributed by atoms with van der Waals surface area (Å²) in [4.78, 5) is 36.7. The molecule has 11 heteroatoms. The van der Waals surface area contributed by atoms with E-state index >= 15 is 0 Å². The van der Waals surface area contributed by atoms with Gasteiger partial charge in [-0.25, -0.2) is 18.9 Å². The minimum atomic E-state index is -1.14. The van der Waals surface area contributed by atoms with Crippen LogP contribution < -0.4 is 10.3 Å². The predicted octanol–water partition coefficient (Wildman–Crippen LogP) is 3.08. The van der Waals surface area contributed by atoms with Gasteiger partial charge in [-0.2, -0.15) is 5.10 Å². The fourth-order valence-corrected chi connectivity index (χ4v) is 5.73. The lowest BCUT2D eigenvalue weighted by molar-refractivity contribution is -0.141. The SMILES string of the molecule is O=c1c2ncc(-c3ccc(F)cc3)n2ncn1CC1(O)CCN(C(=O)[C@H]2CC[C@H](Oc3ccccn3)CC2)CC1.